The number of nitrogens with zero attached hydrogens (tertiary/aromatic N) is 1. The fourth-order valence-corrected chi connectivity index (χ4v) is 1.76. The minimum absolute atomic E-state index is 0.0636. The average molecular weight is 230 g/mol. The highest BCUT2D eigenvalue weighted by molar-refractivity contribution is 5.77. The number of nitrogens with one attached hydrogen (secondary N) is 1. The molecule has 1 N–H and O–H groups in total. The third-order valence-corrected chi connectivity index (χ3v) is 2.91. The van der Waals surface area contributed by atoms with E-state index >= 15 is 0 Å². The number of carbonyl (C=O) groups is 1. The highest BCUT2D eigenvalue weighted by Crippen LogP contribution is 2.15. The predicted octanol–water partition coefficient (Wildman–Crippen LogP) is 2.18. The molecule has 0 bridgehead atoms. The monoisotopic (exact) mass is 230 g/mol. The van der Waals surface area contributed by atoms with Crippen LogP contribution in [0.5, 0.6) is 0 Å². The van der Waals surface area contributed by atoms with E-state index in [9.17, 15) is 4.79 Å². The molecule has 1 rings (SSSR count). The van der Waals surface area contributed by atoms with Gasteiger partial charge in [-0.25, -0.2) is 0 Å². The Hall–Kier alpha value is -1.82. The van der Waals surface area contributed by atoms with Crippen LogP contribution in [0.2, 0.25) is 0 Å². The third kappa shape index (κ3) is 3.92. The van der Waals surface area contributed by atoms with Gasteiger partial charge >= 0.3 is 0 Å². The maximum absolute atomic E-state index is 11.1. The second-order valence-electron chi connectivity index (χ2n) is 4.30. The normalized spacial score (nSPS) is 9.76. The molecular formula is C14H18N2O. The van der Waals surface area contributed by atoms with E-state index in [1.807, 2.05) is 6.07 Å². The maximum atomic E-state index is 11.1. The smallest absolute Gasteiger partial charge is 0.234 e. The number of rotatable bonds is 4. The fraction of sp³-hybridized carbons (Fsp3) is 0.429. The van der Waals surface area contributed by atoms with Crippen LogP contribution >= 0.6 is 0 Å². The van der Waals surface area contributed by atoms with E-state index in [1.54, 1.807) is 0 Å². The van der Waals surface area contributed by atoms with Gasteiger partial charge in [0.05, 0.1) is 6.07 Å². The number of hydrogen-bond donors (Lipinski definition) is 1. The lowest BCUT2D eigenvalue weighted by Gasteiger charge is -2.10. The van der Waals surface area contributed by atoms with E-state index in [0.29, 0.717) is 6.54 Å². The Morgan fingerprint density at radius 3 is 2.53 bits per heavy atom. The van der Waals surface area contributed by atoms with Crippen LogP contribution in [0.4, 0.5) is 0 Å². The van der Waals surface area contributed by atoms with Crippen molar-refractivity contribution in [2.75, 3.05) is 6.54 Å². The van der Waals surface area contributed by atoms with Gasteiger partial charge in [0.15, 0.2) is 0 Å². The Labute approximate surface area is 102 Å². The molecule has 17 heavy (non-hydrogen) atoms. The molecule has 0 fully saturated rings. The van der Waals surface area contributed by atoms with Crippen LogP contribution < -0.4 is 5.32 Å². The minimum Gasteiger partial charge on any atom is -0.355 e. The second-order valence-corrected chi connectivity index (χ2v) is 4.30. The van der Waals surface area contributed by atoms with Crippen molar-refractivity contribution in [3.63, 3.8) is 0 Å². The molecule has 0 aromatic heterocycles. The van der Waals surface area contributed by atoms with Crippen molar-refractivity contribution in [3.05, 3.63) is 34.4 Å². The Balaban J connectivity index is 2.56. The van der Waals surface area contributed by atoms with Gasteiger partial charge in [0, 0.05) is 6.54 Å². The summed E-state index contributed by atoms with van der Waals surface area (Å²) in [5.74, 6) is -0.200. The van der Waals surface area contributed by atoms with Gasteiger partial charge in [0.1, 0.15) is 6.42 Å². The first-order valence-electron chi connectivity index (χ1n) is 5.75. The largest absolute Gasteiger partial charge is 0.355 e. The van der Waals surface area contributed by atoms with Crippen molar-refractivity contribution in [1.82, 2.24) is 5.32 Å². The van der Waals surface area contributed by atoms with Crippen molar-refractivity contribution in [1.29, 1.82) is 5.26 Å². The van der Waals surface area contributed by atoms with E-state index in [-0.39, 0.29) is 12.3 Å². The summed E-state index contributed by atoms with van der Waals surface area (Å²) < 4.78 is 0. The molecule has 0 unspecified atom stereocenters. The van der Waals surface area contributed by atoms with E-state index < -0.39 is 0 Å². The van der Waals surface area contributed by atoms with Crippen LogP contribution in [-0.2, 0) is 11.2 Å². The molecular weight excluding hydrogens is 212 g/mol. The zero-order chi connectivity index (χ0) is 12.8. The summed E-state index contributed by atoms with van der Waals surface area (Å²) in [4.78, 5) is 11.1. The van der Waals surface area contributed by atoms with Crippen LogP contribution in [-0.4, -0.2) is 12.5 Å². The third-order valence-electron chi connectivity index (χ3n) is 2.91. The lowest BCUT2D eigenvalue weighted by molar-refractivity contribution is -0.120. The number of benzene rings is 1. The van der Waals surface area contributed by atoms with Crippen LogP contribution in [0, 0.1) is 32.1 Å². The predicted molar refractivity (Wildman–Crippen MR) is 67.6 cm³/mol. The molecule has 1 amide bonds. The molecule has 90 valence electrons. The highest BCUT2D eigenvalue weighted by Gasteiger charge is 2.03. The number of aryl methyl sites for hydroxylation is 3. The topological polar surface area (TPSA) is 52.9 Å². The van der Waals surface area contributed by atoms with Crippen molar-refractivity contribution < 1.29 is 4.79 Å². The quantitative estimate of drug-likeness (QED) is 0.862. The summed E-state index contributed by atoms with van der Waals surface area (Å²) in [6.45, 7) is 6.86. The van der Waals surface area contributed by atoms with Gasteiger partial charge in [0.25, 0.3) is 0 Å². The van der Waals surface area contributed by atoms with Crippen molar-refractivity contribution >= 4 is 5.91 Å². The summed E-state index contributed by atoms with van der Waals surface area (Å²) in [7, 11) is 0. The van der Waals surface area contributed by atoms with Crippen LogP contribution in [0.1, 0.15) is 28.7 Å². The van der Waals surface area contributed by atoms with Gasteiger partial charge in [-0.05, 0) is 49.4 Å². The first-order valence-corrected chi connectivity index (χ1v) is 5.75. The summed E-state index contributed by atoms with van der Waals surface area (Å²) in [6, 6.07) is 6.17. The number of amides is 1. The summed E-state index contributed by atoms with van der Waals surface area (Å²) in [5, 5.41) is 11.1. The molecule has 0 aliphatic heterocycles. The number of nitriles is 1. The molecule has 3 heteroatoms. The summed E-state index contributed by atoms with van der Waals surface area (Å²) in [5.41, 5.74) is 5.07. The summed E-state index contributed by atoms with van der Waals surface area (Å²) in [6.07, 6.45) is 0.746. The lowest BCUT2D eigenvalue weighted by Crippen LogP contribution is -2.25. The number of hydrogen-bond acceptors (Lipinski definition) is 2. The molecule has 0 radical (unpaired) electrons. The molecule has 0 heterocycles. The molecule has 1 aromatic carbocycles. The maximum Gasteiger partial charge on any atom is 0.234 e. The summed E-state index contributed by atoms with van der Waals surface area (Å²) >= 11 is 0. The lowest BCUT2D eigenvalue weighted by atomic mass is 9.99. The van der Waals surface area contributed by atoms with Crippen molar-refractivity contribution in [2.45, 2.75) is 33.6 Å². The number of carbonyl (C=O) groups excluding carboxylic acids is 1. The van der Waals surface area contributed by atoms with Gasteiger partial charge < -0.3 is 5.32 Å². The molecule has 0 atom stereocenters. The SMILES string of the molecule is Cc1cc(C)c(CCNC(=O)CC#N)cc1C. The highest BCUT2D eigenvalue weighted by atomic mass is 16.1. The standard InChI is InChI=1S/C14H18N2O/c1-10-8-12(3)13(9-11(10)2)5-7-16-14(17)4-6-15/h8-9H,4-5,7H2,1-3H3,(H,16,17). The minimum atomic E-state index is -0.200. The molecule has 0 aliphatic carbocycles. The van der Waals surface area contributed by atoms with E-state index in [0.717, 1.165) is 6.42 Å². The second kappa shape index (κ2) is 6.05. The van der Waals surface area contributed by atoms with Crippen LogP contribution in [0.15, 0.2) is 12.1 Å². The Kier molecular flexibility index (Phi) is 4.71. The van der Waals surface area contributed by atoms with Gasteiger partial charge in [-0.1, -0.05) is 12.1 Å². The van der Waals surface area contributed by atoms with Crippen LogP contribution in [0.3, 0.4) is 0 Å². The van der Waals surface area contributed by atoms with Gasteiger partial charge in [-0.15, -0.1) is 0 Å². The zero-order valence-corrected chi connectivity index (χ0v) is 10.6. The fourth-order valence-electron chi connectivity index (χ4n) is 1.76. The molecule has 0 saturated carbocycles. The molecule has 3 nitrogen and oxygen atoms in total. The van der Waals surface area contributed by atoms with E-state index in [4.69, 9.17) is 5.26 Å². The molecule has 0 saturated heterocycles. The molecule has 0 aliphatic rings. The molecule has 0 spiro atoms. The van der Waals surface area contributed by atoms with Gasteiger partial charge in [0.2, 0.25) is 5.91 Å². The Morgan fingerprint density at radius 1 is 1.24 bits per heavy atom. The average Bonchev–Trinajstić information content (AvgIpc) is 2.26. The first kappa shape index (κ1) is 13.2. The van der Waals surface area contributed by atoms with Crippen molar-refractivity contribution in [2.24, 2.45) is 0 Å². The first-order chi connectivity index (χ1) is 8.04. The van der Waals surface area contributed by atoms with Gasteiger partial charge in [-0.2, -0.15) is 5.26 Å². The van der Waals surface area contributed by atoms with E-state index in [1.165, 1.54) is 22.3 Å². The van der Waals surface area contributed by atoms with E-state index in [2.05, 4.69) is 38.2 Å². The zero-order valence-electron chi connectivity index (χ0n) is 10.6. The Morgan fingerprint density at radius 2 is 1.88 bits per heavy atom. The molecule has 1 aromatic rings. The Bertz CT molecular complexity index is 458. The van der Waals surface area contributed by atoms with Crippen LogP contribution in [0.25, 0.3) is 0 Å². The van der Waals surface area contributed by atoms with Gasteiger partial charge in [-0.3, -0.25) is 4.79 Å². The van der Waals surface area contributed by atoms with Crippen molar-refractivity contribution in [3.8, 4) is 6.07 Å².